The molecule has 0 unspecified atom stereocenters. The van der Waals surface area contributed by atoms with Gasteiger partial charge in [0, 0.05) is 44.8 Å². The fourth-order valence-electron chi connectivity index (χ4n) is 4.02. The molecule has 0 atom stereocenters. The monoisotopic (exact) mass is 558 g/mol. The Balaban J connectivity index is 0.00000363. The largest absolute Gasteiger partial charge is 0.496 e. The van der Waals surface area contributed by atoms with E-state index in [-0.39, 0.29) is 36.1 Å². The maximum atomic E-state index is 12.9. The highest BCUT2D eigenvalue weighted by Crippen LogP contribution is 2.32. The van der Waals surface area contributed by atoms with Crippen LogP contribution in [0, 0.1) is 5.92 Å². The number of aliphatic imine (C=N–C) groups is 1. The van der Waals surface area contributed by atoms with Gasteiger partial charge < -0.3 is 24.6 Å². The van der Waals surface area contributed by atoms with Gasteiger partial charge in [0.2, 0.25) is 0 Å². The molecule has 2 fully saturated rings. The molecule has 2 aliphatic rings. The number of hydrogen-bond acceptors (Lipinski definition) is 4. The van der Waals surface area contributed by atoms with Crippen molar-refractivity contribution in [3.63, 3.8) is 0 Å². The molecule has 1 aliphatic heterocycles. The Bertz CT molecular complexity index is 769. The topological polar surface area (TPSA) is 66.4 Å². The summed E-state index contributed by atoms with van der Waals surface area (Å²) in [5.74, 6) is 2.40. The first-order valence-electron chi connectivity index (χ1n) is 11.4. The molecule has 1 aromatic rings. The second kappa shape index (κ2) is 12.0. The first kappa shape index (κ1) is 26.5. The number of hydrogen-bond donors (Lipinski definition) is 1. The summed E-state index contributed by atoms with van der Waals surface area (Å²) in [6.07, 6.45) is 4.11. The van der Waals surface area contributed by atoms with Gasteiger partial charge in [-0.2, -0.15) is 0 Å². The van der Waals surface area contributed by atoms with Gasteiger partial charge in [-0.1, -0.05) is 18.2 Å². The smallest absolute Gasteiger partial charge is 0.410 e. The number of para-hydroxylation sites is 1. The number of piperidine rings is 1. The molecule has 180 valence electrons. The first-order chi connectivity index (χ1) is 14.8. The summed E-state index contributed by atoms with van der Waals surface area (Å²) in [5.41, 5.74) is 0.630. The number of halogens is 1. The number of amides is 1. The summed E-state index contributed by atoms with van der Waals surface area (Å²) in [6, 6.07) is 8.23. The van der Waals surface area contributed by atoms with Gasteiger partial charge in [0.25, 0.3) is 0 Å². The van der Waals surface area contributed by atoms with Crippen LogP contribution in [0.1, 0.15) is 52.0 Å². The van der Waals surface area contributed by atoms with Crippen molar-refractivity contribution in [1.29, 1.82) is 0 Å². The molecule has 0 radical (unpaired) electrons. The quantitative estimate of drug-likeness (QED) is 0.317. The van der Waals surface area contributed by atoms with Crippen LogP contribution in [0.25, 0.3) is 0 Å². The molecule has 0 bridgehead atoms. The van der Waals surface area contributed by atoms with E-state index in [1.165, 1.54) is 12.8 Å². The summed E-state index contributed by atoms with van der Waals surface area (Å²) < 4.78 is 11.2. The number of benzene rings is 1. The van der Waals surface area contributed by atoms with Crippen LogP contribution in [0.15, 0.2) is 29.3 Å². The molecule has 1 aliphatic carbocycles. The minimum Gasteiger partial charge on any atom is -0.496 e. The molecule has 1 heterocycles. The molecular formula is C24H39IN4O3. The van der Waals surface area contributed by atoms with Gasteiger partial charge in [0.15, 0.2) is 5.96 Å². The van der Waals surface area contributed by atoms with Gasteiger partial charge in [0.1, 0.15) is 11.4 Å². The number of carbonyl (C=O) groups is 1. The van der Waals surface area contributed by atoms with Crippen molar-refractivity contribution in [2.75, 3.05) is 33.8 Å². The van der Waals surface area contributed by atoms with Crippen LogP contribution < -0.4 is 10.1 Å². The lowest BCUT2D eigenvalue weighted by Gasteiger charge is -2.40. The van der Waals surface area contributed by atoms with E-state index in [2.05, 4.69) is 21.3 Å². The van der Waals surface area contributed by atoms with Crippen LogP contribution in [0.4, 0.5) is 4.79 Å². The summed E-state index contributed by atoms with van der Waals surface area (Å²) in [5, 5.41) is 3.46. The van der Waals surface area contributed by atoms with Gasteiger partial charge in [0.05, 0.1) is 7.11 Å². The maximum absolute atomic E-state index is 12.9. The SMILES string of the molecule is CN=C(NCc1ccccc1OC)N1CCC(N(CC2CC2)C(=O)OC(C)(C)C)CC1.I. The Hall–Kier alpha value is -1.71. The van der Waals surface area contributed by atoms with Crippen molar-refractivity contribution in [2.24, 2.45) is 10.9 Å². The van der Waals surface area contributed by atoms with Crippen molar-refractivity contribution < 1.29 is 14.3 Å². The molecule has 1 N–H and O–H groups in total. The van der Waals surface area contributed by atoms with E-state index < -0.39 is 5.60 Å². The molecule has 0 spiro atoms. The maximum Gasteiger partial charge on any atom is 0.410 e. The number of carbonyl (C=O) groups excluding carboxylic acids is 1. The van der Waals surface area contributed by atoms with Crippen LogP contribution in [-0.4, -0.2) is 67.3 Å². The third kappa shape index (κ3) is 7.71. The van der Waals surface area contributed by atoms with Crippen LogP contribution in [0.3, 0.4) is 0 Å². The first-order valence-corrected chi connectivity index (χ1v) is 11.4. The van der Waals surface area contributed by atoms with Crippen LogP contribution in [0.5, 0.6) is 5.75 Å². The highest BCUT2D eigenvalue weighted by Gasteiger charge is 2.35. The third-order valence-electron chi connectivity index (χ3n) is 5.83. The third-order valence-corrected chi connectivity index (χ3v) is 5.83. The van der Waals surface area contributed by atoms with E-state index in [9.17, 15) is 4.79 Å². The lowest BCUT2D eigenvalue weighted by atomic mass is 10.0. The number of nitrogens with zero attached hydrogens (tertiary/aromatic N) is 3. The molecule has 1 saturated heterocycles. The van der Waals surface area contributed by atoms with E-state index in [0.717, 1.165) is 49.7 Å². The van der Waals surface area contributed by atoms with Gasteiger partial charge in [-0.3, -0.25) is 4.99 Å². The molecule has 7 nitrogen and oxygen atoms in total. The van der Waals surface area contributed by atoms with Crippen molar-refractivity contribution in [2.45, 2.75) is 64.6 Å². The lowest BCUT2D eigenvalue weighted by molar-refractivity contribution is 0.00928. The van der Waals surface area contributed by atoms with Crippen LogP contribution in [-0.2, 0) is 11.3 Å². The normalized spacial score (nSPS) is 17.4. The van der Waals surface area contributed by atoms with Crippen molar-refractivity contribution >= 4 is 36.0 Å². The zero-order valence-corrected chi connectivity index (χ0v) is 22.4. The van der Waals surface area contributed by atoms with E-state index in [4.69, 9.17) is 9.47 Å². The second-order valence-corrected chi connectivity index (χ2v) is 9.51. The van der Waals surface area contributed by atoms with E-state index in [0.29, 0.717) is 12.5 Å². The summed E-state index contributed by atoms with van der Waals surface area (Å²) in [6.45, 7) is 8.99. The minimum absolute atomic E-state index is 0. The Kier molecular flexibility index (Phi) is 9.91. The van der Waals surface area contributed by atoms with Gasteiger partial charge in [-0.15, -0.1) is 24.0 Å². The highest BCUT2D eigenvalue weighted by molar-refractivity contribution is 14.0. The minimum atomic E-state index is -0.468. The Morgan fingerprint density at radius 2 is 1.84 bits per heavy atom. The lowest BCUT2D eigenvalue weighted by Crippen LogP contribution is -2.52. The van der Waals surface area contributed by atoms with Crippen molar-refractivity contribution in [3.8, 4) is 5.75 Å². The van der Waals surface area contributed by atoms with Crippen molar-refractivity contribution in [1.82, 2.24) is 15.1 Å². The molecule has 1 saturated carbocycles. The average molecular weight is 559 g/mol. The average Bonchev–Trinajstić information content (AvgIpc) is 3.56. The number of rotatable bonds is 6. The standard InChI is InChI=1S/C24H38N4O3.HI/c1-24(2,3)31-23(29)28(17-18-10-11-18)20-12-14-27(15-13-20)22(25-4)26-16-19-8-6-7-9-21(19)30-5;/h6-9,18,20H,10-17H2,1-5H3,(H,25,26);1H. The number of methoxy groups -OCH3 is 1. The number of likely N-dealkylation sites (tertiary alicyclic amines) is 1. The van der Waals surface area contributed by atoms with E-state index in [1.54, 1.807) is 7.11 Å². The molecule has 1 amide bonds. The number of ether oxygens (including phenoxy) is 2. The van der Waals surface area contributed by atoms with Gasteiger partial charge >= 0.3 is 6.09 Å². The fraction of sp³-hybridized carbons (Fsp3) is 0.667. The zero-order chi connectivity index (χ0) is 22.4. The van der Waals surface area contributed by atoms with Crippen molar-refractivity contribution in [3.05, 3.63) is 29.8 Å². The predicted octanol–water partition coefficient (Wildman–Crippen LogP) is 4.50. The Morgan fingerprint density at radius 1 is 1.19 bits per heavy atom. The summed E-state index contributed by atoms with van der Waals surface area (Å²) in [7, 11) is 3.51. The summed E-state index contributed by atoms with van der Waals surface area (Å²) in [4.78, 5) is 21.6. The van der Waals surface area contributed by atoms with Crippen LogP contribution in [0.2, 0.25) is 0 Å². The summed E-state index contributed by atoms with van der Waals surface area (Å²) >= 11 is 0. The second-order valence-electron chi connectivity index (χ2n) is 9.51. The highest BCUT2D eigenvalue weighted by atomic mass is 127. The zero-order valence-electron chi connectivity index (χ0n) is 20.1. The molecule has 8 heteroatoms. The Labute approximate surface area is 209 Å². The van der Waals surface area contributed by atoms with Gasteiger partial charge in [-0.25, -0.2) is 4.79 Å². The molecular weight excluding hydrogens is 519 g/mol. The number of guanidine groups is 1. The number of nitrogens with one attached hydrogen (secondary N) is 1. The molecule has 3 rings (SSSR count). The van der Waals surface area contributed by atoms with E-state index in [1.807, 2.05) is 50.9 Å². The Morgan fingerprint density at radius 3 is 2.41 bits per heavy atom. The van der Waals surface area contributed by atoms with Crippen LogP contribution >= 0.6 is 24.0 Å². The van der Waals surface area contributed by atoms with Gasteiger partial charge in [-0.05, 0) is 58.4 Å². The van der Waals surface area contributed by atoms with E-state index >= 15 is 0 Å². The predicted molar refractivity (Wildman–Crippen MR) is 139 cm³/mol. The molecule has 1 aromatic carbocycles. The molecule has 0 aromatic heterocycles. The molecule has 32 heavy (non-hydrogen) atoms. The fourth-order valence-corrected chi connectivity index (χ4v) is 4.02.